The van der Waals surface area contributed by atoms with Crippen LogP contribution in [0.4, 0.5) is 4.39 Å². The first-order chi connectivity index (χ1) is 9.37. The van der Waals surface area contributed by atoms with Crippen molar-refractivity contribution in [2.24, 2.45) is 5.41 Å². The summed E-state index contributed by atoms with van der Waals surface area (Å²) in [6, 6.07) is 6.86. The summed E-state index contributed by atoms with van der Waals surface area (Å²) in [5, 5.41) is 0. The molecule has 1 aliphatic carbocycles. The van der Waals surface area contributed by atoms with Gasteiger partial charge in [-0.3, -0.25) is 4.79 Å². The van der Waals surface area contributed by atoms with Crippen molar-refractivity contribution in [3.8, 4) is 5.69 Å². The van der Waals surface area contributed by atoms with Crippen LogP contribution in [0, 0.1) is 11.2 Å². The lowest BCUT2D eigenvalue weighted by Gasteiger charge is -2.29. The zero-order chi connectivity index (χ0) is 14.5. The molecule has 0 spiro atoms. The number of carbonyl (C=O) groups excluding carboxylic acids is 1. The Morgan fingerprint density at radius 3 is 2.70 bits per heavy atom. The number of halogens is 2. The van der Waals surface area contributed by atoms with E-state index in [2.05, 4.69) is 29.8 Å². The first-order valence-electron chi connectivity index (χ1n) is 6.56. The van der Waals surface area contributed by atoms with Crippen molar-refractivity contribution >= 4 is 21.7 Å². The lowest BCUT2D eigenvalue weighted by Crippen LogP contribution is -2.27. The Hall–Kier alpha value is -1.42. The van der Waals surface area contributed by atoms with Gasteiger partial charge in [0.15, 0.2) is 5.78 Å². The number of Topliss-reactive ketones (excluding diaryl/α,β-unsaturated/α-hetero) is 1. The molecule has 2 aromatic rings. The van der Waals surface area contributed by atoms with Crippen molar-refractivity contribution in [1.29, 1.82) is 0 Å². The topological polar surface area (TPSA) is 22.0 Å². The fourth-order valence-electron chi connectivity index (χ4n) is 2.82. The molecule has 104 valence electrons. The van der Waals surface area contributed by atoms with Crippen LogP contribution >= 0.6 is 15.9 Å². The minimum Gasteiger partial charge on any atom is -0.320 e. The van der Waals surface area contributed by atoms with Crippen LogP contribution in [0.25, 0.3) is 5.69 Å². The molecule has 0 saturated heterocycles. The number of fused-ring (bicyclic) bond motifs is 1. The van der Waals surface area contributed by atoms with Crippen molar-refractivity contribution in [2.75, 3.05) is 0 Å². The molecule has 3 rings (SSSR count). The monoisotopic (exact) mass is 335 g/mol. The summed E-state index contributed by atoms with van der Waals surface area (Å²) in [6.07, 6.45) is 3.24. The van der Waals surface area contributed by atoms with E-state index >= 15 is 0 Å². The van der Waals surface area contributed by atoms with Gasteiger partial charge in [-0.15, -0.1) is 0 Å². The number of ketones is 1. The molecular weight excluding hydrogens is 321 g/mol. The van der Waals surface area contributed by atoms with Crippen molar-refractivity contribution in [3.63, 3.8) is 0 Å². The lowest BCUT2D eigenvalue weighted by molar-refractivity contribution is 0.0911. The predicted molar refractivity (Wildman–Crippen MR) is 79.9 cm³/mol. The highest BCUT2D eigenvalue weighted by molar-refractivity contribution is 9.10. The van der Waals surface area contributed by atoms with Crippen molar-refractivity contribution < 1.29 is 9.18 Å². The number of hydrogen-bond donors (Lipinski definition) is 0. The summed E-state index contributed by atoms with van der Waals surface area (Å²) in [4.78, 5) is 12.2. The third-order valence-corrected chi connectivity index (χ3v) is 4.40. The summed E-state index contributed by atoms with van der Waals surface area (Å²) < 4.78 is 16.1. The maximum absolute atomic E-state index is 13.7. The number of carbonyl (C=O) groups is 1. The Morgan fingerprint density at radius 2 is 2.00 bits per heavy atom. The van der Waals surface area contributed by atoms with Crippen LogP contribution in [0.1, 0.15) is 36.3 Å². The van der Waals surface area contributed by atoms with E-state index in [4.69, 9.17) is 0 Å². The lowest BCUT2D eigenvalue weighted by atomic mass is 9.76. The maximum Gasteiger partial charge on any atom is 0.165 e. The molecule has 0 aliphatic heterocycles. The highest BCUT2D eigenvalue weighted by Gasteiger charge is 2.33. The van der Waals surface area contributed by atoms with Crippen LogP contribution in [0.3, 0.4) is 0 Å². The quantitative estimate of drug-likeness (QED) is 0.750. The number of rotatable bonds is 1. The average Bonchev–Trinajstić information content (AvgIpc) is 2.75. The molecule has 0 radical (unpaired) electrons. The van der Waals surface area contributed by atoms with Gasteiger partial charge in [-0.2, -0.15) is 0 Å². The molecule has 0 bridgehead atoms. The van der Waals surface area contributed by atoms with Gasteiger partial charge in [-0.1, -0.05) is 13.8 Å². The molecule has 0 N–H and O–H groups in total. The van der Waals surface area contributed by atoms with Gasteiger partial charge in [-0.25, -0.2) is 4.39 Å². The molecular formula is C16H15BrFNO. The minimum absolute atomic E-state index is 0.0475. The standard InChI is InChI=1S/C16H15BrFNO/c1-16(2)8-14-11(15(20)9-16)5-6-19(14)10-3-4-12(17)13(18)7-10/h3-7H,8-9H2,1-2H3. The first-order valence-corrected chi connectivity index (χ1v) is 7.35. The van der Waals surface area contributed by atoms with E-state index in [1.165, 1.54) is 6.07 Å². The third-order valence-electron chi connectivity index (χ3n) is 3.76. The number of benzene rings is 1. The second-order valence-corrected chi connectivity index (χ2v) is 6.94. The molecule has 1 aromatic heterocycles. The van der Waals surface area contributed by atoms with Crippen molar-refractivity contribution in [3.05, 3.63) is 52.0 Å². The van der Waals surface area contributed by atoms with Gasteiger partial charge < -0.3 is 4.57 Å². The highest BCUT2D eigenvalue weighted by atomic mass is 79.9. The van der Waals surface area contributed by atoms with Gasteiger partial charge >= 0.3 is 0 Å². The maximum atomic E-state index is 13.7. The Kier molecular flexibility index (Phi) is 3.09. The summed E-state index contributed by atoms with van der Waals surface area (Å²) in [7, 11) is 0. The smallest absolute Gasteiger partial charge is 0.165 e. The zero-order valence-corrected chi connectivity index (χ0v) is 13.0. The average molecular weight is 336 g/mol. The molecule has 1 heterocycles. The summed E-state index contributed by atoms with van der Waals surface area (Å²) >= 11 is 3.16. The van der Waals surface area contributed by atoms with Gasteiger partial charge in [-0.05, 0) is 52.0 Å². The van der Waals surface area contributed by atoms with Crippen molar-refractivity contribution in [2.45, 2.75) is 26.7 Å². The van der Waals surface area contributed by atoms with Gasteiger partial charge in [0.2, 0.25) is 0 Å². The molecule has 0 amide bonds. The molecule has 20 heavy (non-hydrogen) atoms. The summed E-state index contributed by atoms with van der Waals surface area (Å²) in [6.45, 7) is 4.18. The molecule has 0 saturated carbocycles. The molecule has 0 fully saturated rings. The Balaban J connectivity index is 2.13. The Bertz CT molecular complexity index is 702. The van der Waals surface area contributed by atoms with E-state index in [1.807, 2.05) is 22.9 Å². The SMILES string of the molecule is CC1(C)CC(=O)c2ccn(-c3ccc(Br)c(F)c3)c2C1. The van der Waals surface area contributed by atoms with Crippen LogP contribution in [-0.2, 0) is 6.42 Å². The van der Waals surface area contributed by atoms with Crippen LogP contribution < -0.4 is 0 Å². The second-order valence-electron chi connectivity index (χ2n) is 6.09. The Labute approximate surface area is 125 Å². The zero-order valence-electron chi connectivity index (χ0n) is 11.4. The molecule has 1 aliphatic rings. The molecule has 1 aromatic carbocycles. The molecule has 2 nitrogen and oxygen atoms in total. The largest absolute Gasteiger partial charge is 0.320 e. The van der Waals surface area contributed by atoms with Crippen LogP contribution in [0.15, 0.2) is 34.9 Å². The fraction of sp³-hybridized carbons (Fsp3) is 0.312. The van der Waals surface area contributed by atoms with E-state index < -0.39 is 0 Å². The minimum atomic E-state index is -0.300. The summed E-state index contributed by atoms with van der Waals surface area (Å²) in [5.74, 6) is -0.126. The number of nitrogens with zero attached hydrogens (tertiary/aromatic N) is 1. The van der Waals surface area contributed by atoms with E-state index in [0.717, 1.165) is 23.4 Å². The fourth-order valence-corrected chi connectivity index (χ4v) is 3.07. The molecule has 4 heteroatoms. The van der Waals surface area contributed by atoms with Crippen molar-refractivity contribution in [1.82, 2.24) is 4.57 Å². The van der Waals surface area contributed by atoms with Crippen LogP contribution in [0.2, 0.25) is 0 Å². The Morgan fingerprint density at radius 1 is 1.25 bits per heavy atom. The highest BCUT2D eigenvalue weighted by Crippen LogP contribution is 2.36. The summed E-state index contributed by atoms with van der Waals surface area (Å²) in [5.41, 5.74) is 2.45. The second kappa shape index (κ2) is 4.55. The third kappa shape index (κ3) is 2.22. The predicted octanol–water partition coefficient (Wildman–Crippen LogP) is 4.53. The molecule has 0 atom stereocenters. The molecule has 0 unspecified atom stereocenters. The number of aromatic nitrogens is 1. The van der Waals surface area contributed by atoms with E-state index in [1.54, 1.807) is 6.07 Å². The van der Waals surface area contributed by atoms with Crippen LogP contribution in [-0.4, -0.2) is 10.4 Å². The van der Waals surface area contributed by atoms with E-state index in [-0.39, 0.29) is 17.0 Å². The van der Waals surface area contributed by atoms with Gasteiger partial charge in [0.05, 0.1) is 4.47 Å². The first kappa shape index (κ1) is 13.6. The normalized spacial score (nSPS) is 17.1. The van der Waals surface area contributed by atoms with Gasteiger partial charge in [0.1, 0.15) is 5.82 Å². The van der Waals surface area contributed by atoms with Crippen LogP contribution in [0.5, 0.6) is 0 Å². The van der Waals surface area contributed by atoms with E-state index in [0.29, 0.717) is 10.9 Å². The van der Waals surface area contributed by atoms with Gasteiger partial charge in [0.25, 0.3) is 0 Å². The van der Waals surface area contributed by atoms with Gasteiger partial charge in [0, 0.05) is 29.6 Å². The van der Waals surface area contributed by atoms with E-state index in [9.17, 15) is 9.18 Å². The number of hydrogen-bond acceptors (Lipinski definition) is 1.